The SMILES string of the molecule is COc1ccccc1CS(=O)(=O)CC(N)C(=O)O. The van der Waals surface area contributed by atoms with Gasteiger partial charge >= 0.3 is 5.97 Å². The summed E-state index contributed by atoms with van der Waals surface area (Å²) in [4.78, 5) is 10.5. The van der Waals surface area contributed by atoms with Gasteiger partial charge in [0.15, 0.2) is 9.84 Å². The Kier molecular flexibility index (Phi) is 4.69. The molecule has 18 heavy (non-hydrogen) atoms. The van der Waals surface area contributed by atoms with E-state index in [1.54, 1.807) is 24.3 Å². The van der Waals surface area contributed by atoms with E-state index in [0.29, 0.717) is 11.3 Å². The zero-order chi connectivity index (χ0) is 13.8. The number of sulfone groups is 1. The summed E-state index contributed by atoms with van der Waals surface area (Å²) in [7, 11) is -2.16. The molecule has 0 amide bonds. The first-order valence-electron chi connectivity index (χ1n) is 5.16. The van der Waals surface area contributed by atoms with Crippen LogP contribution in [0.1, 0.15) is 5.56 Å². The first-order chi connectivity index (χ1) is 8.35. The number of para-hydroxylation sites is 1. The van der Waals surface area contributed by atoms with Gasteiger partial charge in [0.1, 0.15) is 11.8 Å². The topological polar surface area (TPSA) is 107 Å². The minimum absolute atomic E-state index is 0.294. The van der Waals surface area contributed by atoms with Crippen molar-refractivity contribution >= 4 is 15.8 Å². The maximum Gasteiger partial charge on any atom is 0.321 e. The number of carbonyl (C=O) groups is 1. The maximum atomic E-state index is 11.8. The Labute approximate surface area is 105 Å². The first-order valence-corrected chi connectivity index (χ1v) is 6.98. The molecule has 6 nitrogen and oxygen atoms in total. The number of aliphatic carboxylic acids is 1. The summed E-state index contributed by atoms with van der Waals surface area (Å²) < 4.78 is 28.6. The lowest BCUT2D eigenvalue weighted by molar-refractivity contribution is -0.137. The van der Waals surface area contributed by atoms with E-state index in [2.05, 4.69) is 0 Å². The van der Waals surface area contributed by atoms with Crippen LogP contribution in [0, 0.1) is 0 Å². The van der Waals surface area contributed by atoms with E-state index in [0.717, 1.165) is 0 Å². The summed E-state index contributed by atoms with van der Waals surface area (Å²) in [6.07, 6.45) is 0. The zero-order valence-corrected chi connectivity index (χ0v) is 10.7. The standard InChI is InChI=1S/C11H15NO5S/c1-17-10-5-3-2-4-8(10)6-18(15,16)7-9(12)11(13)14/h2-5,9H,6-7,12H2,1H3,(H,13,14). The quantitative estimate of drug-likeness (QED) is 0.756. The Bertz CT molecular complexity index is 526. The van der Waals surface area contributed by atoms with Gasteiger partial charge in [-0.25, -0.2) is 8.42 Å². The fraction of sp³-hybridized carbons (Fsp3) is 0.364. The van der Waals surface area contributed by atoms with Crippen molar-refractivity contribution in [2.24, 2.45) is 5.73 Å². The third-order valence-electron chi connectivity index (χ3n) is 2.32. The minimum Gasteiger partial charge on any atom is -0.496 e. The number of hydrogen-bond acceptors (Lipinski definition) is 5. The van der Waals surface area contributed by atoms with E-state index in [1.165, 1.54) is 7.11 Å². The van der Waals surface area contributed by atoms with Gasteiger partial charge in [0.05, 0.1) is 18.6 Å². The molecule has 0 saturated heterocycles. The van der Waals surface area contributed by atoms with Crippen LogP contribution in [0.3, 0.4) is 0 Å². The fourth-order valence-electron chi connectivity index (χ4n) is 1.46. The molecule has 0 radical (unpaired) electrons. The molecule has 0 aromatic heterocycles. The van der Waals surface area contributed by atoms with Crippen molar-refractivity contribution in [3.05, 3.63) is 29.8 Å². The van der Waals surface area contributed by atoms with Crippen molar-refractivity contribution in [2.75, 3.05) is 12.9 Å². The normalized spacial score (nSPS) is 13.0. The molecule has 1 aromatic rings. The van der Waals surface area contributed by atoms with Crippen LogP contribution in [0.25, 0.3) is 0 Å². The van der Waals surface area contributed by atoms with Crippen molar-refractivity contribution in [3.63, 3.8) is 0 Å². The van der Waals surface area contributed by atoms with Crippen LogP contribution in [-0.4, -0.2) is 38.4 Å². The molecule has 0 aliphatic carbocycles. The molecule has 1 atom stereocenters. The zero-order valence-electron chi connectivity index (χ0n) is 9.87. The molecule has 7 heteroatoms. The number of rotatable bonds is 6. The molecule has 1 rings (SSSR count). The summed E-state index contributed by atoms with van der Waals surface area (Å²) >= 11 is 0. The number of methoxy groups -OCH3 is 1. The second kappa shape index (κ2) is 5.83. The van der Waals surface area contributed by atoms with Crippen molar-refractivity contribution in [2.45, 2.75) is 11.8 Å². The Morgan fingerprint density at radius 1 is 1.44 bits per heavy atom. The molecule has 0 fully saturated rings. The Morgan fingerprint density at radius 3 is 2.61 bits per heavy atom. The highest BCUT2D eigenvalue weighted by Gasteiger charge is 2.22. The lowest BCUT2D eigenvalue weighted by Crippen LogP contribution is -2.37. The number of carboxylic acids is 1. The van der Waals surface area contributed by atoms with Crippen LogP contribution >= 0.6 is 0 Å². The van der Waals surface area contributed by atoms with Gasteiger partial charge in [0.25, 0.3) is 0 Å². The average Bonchev–Trinajstić information content (AvgIpc) is 2.28. The summed E-state index contributed by atoms with van der Waals surface area (Å²) in [6, 6.07) is 5.25. The number of hydrogen-bond donors (Lipinski definition) is 2. The molecule has 0 aliphatic rings. The van der Waals surface area contributed by atoms with Gasteiger partial charge in [-0.1, -0.05) is 18.2 Å². The van der Waals surface area contributed by atoms with Gasteiger partial charge in [0, 0.05) is 5.56 Å². The Balaban J connectivity index is 2.86. The molecular weight excluding hydrogens is 258 g/mol. The monoisotopic (exact) mass is 273 g/mol. The van der Waals surface area contributed by atoms with E-state index in [4.69, 9.17) is 15.6 Å². The van der Waals surface area contributed by atoms with Gasteiger partial charge in [-0.15, -0.1) is 0 Å². The summed E-state index contributed by atoms with van der Waals surface area (Å²) in [5, 5.41) is 8.60. The van der Waals surface area contributed by atoms with Gasteiger partial charge in [-0.3, -0.25) is 4.79 Å². The third-order valence-corrected chi connectivity index (χ3v) is 3.94. The number of ether oxygens (including phenoxy) is 1. The molecule has 3 N–H and O–H groups in total. The van der Waals surface area contributed by atoms with Crippen LogP contribution in [-0.2, 0) is 20.4 Å². The molecule has 0 spiro atoms. The van der Waals surface area contributed by atoms with E-state index >= 15 is 0 Å². The molecule has 0 saturated carbocycles. The number of benzene rings is 1. The number of nitrogens with two attached hydrogens (primary N) is 1. The second-order valence-electron chi connectivity index (χ2n) is 3.81. The molecule has 1 unspecified atom stereocenters. The lowest BCUT2D eigenvalue weighted by atomic mass is 10.2. The molecular formula is C11H15NO5S. The second-order valence-corrected chi connectivity index (χ2v) is 5.92. The Hall–Kier alpha value is -1.60. The average molecular weight is 273 g/mol. The fourth-order valence-corrected chi connectivity index (χ4v) is 2.98. The summed E-state index contributed by atoms with van der Waals surface area (Å²) in [6.45, 7) is 0. The predicted molar refractivity (Wildman–Crippen MR) is 66.1 cm³/mol. The summed E-state index contributed by atoms with van der Waals surface area (Å²) in [5.74, 6) is -1.78. The van der Waals surface area contributed by atoms with Crippen molar-refractivity contribution in [3.8, 4) is 5.75 Å². The van der Waals surface area contributed by atoms with Crippen molar-refractivity contribution < 1.29 is 23.1 Å². The van der Waals surface area contributed by atoms with Crippen molar-refractivity contribution in [1.29, 1.82) is 0 Å². The van der Waals surface area contributed by atoms with Gasteiger partial charge in [-0.2, -0.15) is 0 Å². The molecule has 0 heterocycles. The van der Waals surface area contributed by atoms with Gasteiger partial charge in [-0.05, 0) is 6.07 Å². The van der Waals surface area contributed by atoms with E-state index in [-0.39, 0.29) is 5.75 Å². The molecule has 1 aromatic carbocycles. The van der Waals surface area contributed by atoms with Gasteiger partial charge < -0.3 is 15.6 Å². The van der Waals surface area contributed by atoms with Crippen LogP contribution in [0.5, 0.6) is 5.75 Å². The lowest BCUT2D eigenvalue weighted by Gasteiger charge is -2.10. The Morgan fingerprint density at radius 2 is 2.06 bits per heavy atom. The third kappa shape index (κ3) is 4.01. The predicted octanol–water partition coefficient (Wildman–Crippen LogP) is 0.0219. The van der Waals surface area contributed by atoms with Crippen LogP contribution in [0.4, 0.5) is 0 Å². The number of carboxylic acid groups (broad SMARTS) is 1. The first kappa shape index (κ1) is 14.5. The smallest absolute Gasteiger partial charge is 0.321 e. The highest BCUT2D eigenvalue weighted by Crippen LogP contribution is 2.20. The maximum absolute atomic E-state index is 11.8. The largest absolute Gasteiger partial charge is 0.496 e. The molecule has 0 aliphatic heterocycles. The van der Waals surface area contributed by atoms with Crippen LogP contribution < -0.4 is 10.5 Å². The van der Waals surface area contributed by atoms with E-state index in [1.807, 2.05) is 0 Å². The minimum atomic E-state index is -3.60. The summed E-state index contributed by atoms with van der Waals surface area (Å²) in [5.41, 5.74) is 5.70. The molecule has 100 valence electrons. The molecule has 0 bridgehead atoms. The van der Waals surface area contributed by atoms with Crippen LogP contribution in [0.2, 0.25) is 0 Å². The van der Waals surface area contributed by atoms with Crippen molar-refractivity contribution in [1.82, 2.24) is 0 Å². The van der Waals surface area contributed by atoms with Crippen LogP contribution in [0.15, 0.2) is 24.3 Å². The highest BCUT2D eigenvalue weighted by molar-refractivity contribution is 7.90. The van der Waals surface area contributed by atoms with Gasteiger partial charge in [0.2, 0.25) is 0 Å². The van der Waals surface area contributed by atoms with E-state index < -0.39 is 27.6 Å². The highest BCUT2D eigenvalue weighted by atomic mass is 32.2. The van der Waals surface area contributed by atoms with E-state index in [9.17, 15) is 13.2 Å².